The monoisotopic (exact) mass is 346 g/mol. The molecule has 1 amide bonds. The summed E-state index contributed by atoms with van der Waals surface area (Å²) in [6.45, 7) is 3.32. The van der Waals surface area contributed by atoms with Crippen molar-refractivity contribution in [3.63, 3.8) is 0 Å². The standard InChI is InChI=1S/C21H22N4O/c22-10-17-4-1-2-5-19(17)14-24-12-16-7-8-20(24)15-25(13-16)21(26)18-6-3-9-23-11-18/h1-6,9,11,16,20H,7-8,12-15H2/t16-,20-/m0/s1. The van der Waals surface area contributed by atoms with Crippen molar-refractivity contribution in [3.8, 4) is 6.07 Å². The molecule has 3 aliphatic heterocycles. The number of aromatic nitrogens is 1. The van der Waals surface area contributed by atoms with Gasteiger partial charge in [-0.2, -0.15) is 5.26 Å². The molecule has 3 aliphatic rings. The Balaban J connectivity index is 1.52. The van der Waals surface area contributed by atoms with Crippen molar-refractivity contribution in [2.45, 2.75) is 25.4 Å². The first-order valence-electron chi connectivity index (χ1n) is 9.16. The molecule has 0 saturated carbocycles. The van der Waals surface area contributed by atoms with Crippen LogP contribution in [0, 0.1) is 17.2 Å². The van der Waals surface area contributed by atoms with E-state index in [2.05, 4.69) is 16.0 Å². The van der Waals surface area contributed by atoms with Gasteiger partial charge in [0.1, 0.15) is 0 Å². The van der Waals surface area contributed by atoms with Gasteiger partial charge in [0.2, 0.25) is 0 Å². The Labute approximate surface area is 153 Å². The van der Waals surface area contributed by atoms with Crippen LogP contribution in [0.4, 0.5) is 0 Å². The van der Waals surface area contributed by atoms with E-state index in [0.29, 0.717) is 17.5 Å². The van der Waals surface area contributed by atoms with Gasteiger partial charge in [-0.25, -0.2) is 0 Å². The highest BCUT2D eigenvalue weighted by Gasteiger charge is 2.36. The van der Waals surface area contributed by atoms with Gasteiger partial charge in [0.15, 0.2) is 0 Å². The lowest BCUT2D eigenvalue weighted by Gasteiger charge is -2.36. The maximum atomic E-state index is 12.9. The largest absolute Gasteiger partial charge is 0.337 e. The number of amides is 1. The van der Waals surface area contributed by atoms with Crippen molar-refractivity contribution in [1.29, 1.82) is 5.26 Å². The van der Waals surface area contributed by atoms with E-state index < -0.39 is 0 Å². The molecular formula is C21H22N4O. The number of pyridine rings is 1. The van der Waals surface area contributed by atoms with Crippen LogP contribution in [0.25, 0.3) is 0 Å². The van der Waals surface area contributed by atoms with Crippen LogP contribution in [0.15, 0.2) is 48.8 Å². The van der Waals surface area contributed by atoms with E-state index in [0.717, 1.165) is 50.1 Å². The van der Waals surface area contributed by atoms with Crippen LogP contribution in [-0.2, 0) is 6.54 Å². The number of hydrogen-bond acceptors (Lipinski definition) is 4. The number of carbonyl (C=O) groups excluding carboxylic acids is 1. The Bertz CT molecular complexity index is 829. The highest BCUT2D eigenvalue weighted by Crippen LogP contribution is 2.30. The van der Waals surface area contributed by atoms with Gasteiger partial charge in [-0.15, -0.1) is 0 Å². The van der Waals surface area contributed by atoms with Gasteiger partial charge in [-0.3, -0.25) is 14.7 Å². The third-order valence-electron chi connectivity index (χ3n) is 5.53. The summed E-state index contributed by atoms with van der Waals surface area (Å²) in [4.78, 5) is 21.4. The van der Waals surface area contributed by atoms with Gasteiger partial charge in [0.25, 0.3) is 5.91 Å². The van der Waals surface area contributed by atoms with E-state index >= 15 is 0 Å². The first-order valence-corrected chi connectivity index (χ1v) is 9.16. The lowest BCUT2D eigenvalue weighted by molar-refractivity contribution is 0.0735. The predicted octanol–water partition coefficient (Wildman–Crippen LogP) is 2.69. The highest BCUT2D eigenvalue weighted by molar-refractivity contribution is 5.94. The van der Waals surface area contributed by atoms with Gasteiger partial charge >= 0.3 is 0 Å². The third-order valence-corrected chi connectivity index (χ3v) is 5.53. The molecule has 2 bridgehead atoms. The van der Waals surface area contributed by atoms with Crippen molar-refractivity contribution in [2.75, 3.05) is 19.6 Å². The predicted molar refractivity (Wildman–Crippen MR) is 98.2 cm³/mol. The average molecular weight is 346 g/mol. The fraction of sp³-hybridized carbons (Fsp3) is 0.381. The maximum absolute atomic E-state index is 12.9. The summed E-state index contributed by atoms with van der Waals surface area (Å²) < 4.78 is 0. The lowest BCUT2D eigenvalue weighted by Crippen LogP contribution is -2.44. The smallest absolute Gasteiger partial charge is 0.255 e. The van der Waals surface area contributed by atoms with E-state index in [1.165, 1.54) is 0 Å². The van der Waals surface area contributed by atoms with Crippen molar-refractivity contribution in [1.82, 2.24) is 14.8 Å². The molecule has 1 aromatic carbocycles. The Hall–Kier alpha value is -2.71. The third kappa shape index (κ3) is 3.33. The average Bonchev–Trinajstić information content (AvgIpc) is 3.00. The molecule has 2 aromatic rings. The molecule has 0 unspecified atom stereocenters. The van der Waals surface area contributed by atoms with E-state index in [1.807, 2.05) is 41.3 Å². The van der Waals surface area contributed by atoms with Gasteiger partial charge < -0.3 is 4.90 Å². The number of piperidine rings is 1. The number of nitriles is 1. The van der Waals surface area contributed by atoms with Gasteiger partial charge in [-0.1, -0.05) is 18.2 Å². The van der Waals surface area contributed by atoms with Crippen LogP contribution in [0.2, 0.25) is 0 Å². The first kappa shape index (κ1) is 16.7. The number of hydrogen-bond donors (Lipinski definition) is 0. The Morgan fingerprint density at radius 1 is 1.15 bits per heavy atom. The van der Waals surface area contributed by atoms with Crippen molar-refractivity contribution >= 4 is 5.91 Å². The molecule has 0 radical (unpaired) electrons. The Kier molecular flexibility index (Phi) is 4.68. The van der Waals surface area contributed by atoms with Crippen molar-refractivity contribution < 1.29 is 4.79 Å². The zero-order valence-electron chi connectivity index (χ0n) is 14.7. The maximum Gasteiger partial charge on any atom is 0.255 e. The highest BCUT2D eigenvalue weighted by atomic mass is 16.2. The molecule has 0 aliphatic carbocycles. The SMILES string of the molecule is N#Cc1ccccc1CN1C[C@@H]2CC[C@H]1CN(C(=O)c1cccnc1)C2. The minimum atomic E-state index is 0.0780. The van der Waals surface area contributed by atoms with Gasteiger partial charge in [-0.05, 0) is 42.5 Å². The van der Waals surface area contributed by atoms with Crippen LogP contribution in [0.3, 0.4) is 0 Å². The Morgan fingerprint density at radius 2 is 2.04 bits per heavy atom. The number of rotatable bonds is 3. The fourth-order valence-corrected chi connectivity index (χ4v) is 4.20. The second-order valence-electron chi connectivity index (χ2n) is 7.25. The van der Waals surface area contributed by atoms with Gasteiger partial charge in [0.05, 0.1) is 17.2 Å². The van der Waals surface area contributed by atoms with Crippen LogP contribution in [-0.4, -0.2) is 46.4 Å². The number of benzene rings is 1. The van der Waals surface area contributed by atoms with E-state index in [1.54, 1.807) is 12.4 Å². The van der Waals surface area contributed by atoms with E-state index in [9.17, 15) is 10.1 Å². The van der Waals surface area contributed by atoms with Crippen LogP contribution in [0.5, 0.6) is 0 Å². The fourth-order valence-electron chi connectivity index (χ4n) is 4.20. The summed E-state index contributed by atoms with van der Waals surface area (Å²) in [6, 6.07) is 14.1. The minimum Gasteiger partial charge on any atom is -0.337 e. The second-order valence-corrected chi connectivity index (χ2v) is 7.25. The molecule has 0 spiro atoms. The summed E-state index contributed by atoms with van der Waals surface area (Å²) in [5, 5.41) is 9.35. The van der Waals surface area contributed by atoms with Crippen LogP contribution in [0.1, 0.15) is 34.3 Å². The molecule has 2 atom stereocenters. The summed E-state index contributed by atoms with van der Waals surface area (Å²) in [5.74, 6) is 0.567. The second kappa shape index (κ2) is 7.27. The quantitative estimate of drug-likeness (QED) is 0.857. The molecule has 3 fully saturated rings. The summed E-state index contributed by atoms with van der Waals surface area (Å²) in [5.41, 5.74) is 2.48. The summed E-state index contributed by atoms with van der Waals surface area (Å²) >= 11 is 0. The van der Waals surface area contributed by atoms with E-state index in [-0.39, 0.29) is 5.91 Å². The van der Waals surface area contributed by atoms with Crippen molar-refractivity contribution in [3.05, 3.63) is 65.5 Å². The lowest BCUT2D eigenvalue weighted by atomic mass is 9.94. The molecule has 1 aromatic heterocycles. The number of carbonyl (C=O) groups is 1. The normalized spacial score (nSPS) is 22.7. The molecule has 5 nitrogen and oxygen atoms in total. The topological polar surface area (TPSA) is 60.2 Å². The molecule has 3 saturated heterocycles. The van der Waals surface area contributed by atoms with Crippen molar-refractivity contribution in [2.24, 2.45) is 5.92 Å². The molecule has 132 valence electrons. The van der Waals surface area contributed by atoms with Gasteiger partial charge in [0, 0.05) is 44.6 Å². The van der Waals surface area contributed by atoms with E-state index in [4.69, 9.17) is 0 Å². The zero-order valence-corrected chi connectivity index (χ0v) is 14.7. The molecule has 5 heteroatoms. The molecule has 5 rings (SSSR count). The number of nitrogens with zero attached hydrogens (tertiary/aromatic N) is 4. The molecular weight excluding hydrogens is 324 g/mol. The first-order chi connectivity index (χ1) is 12.7. The Morgan fingerprint density at radius 3 is 2.85 bits per heavy atom. The zero-order chi connectivity index (χ0) is 17.9. The van der Waals surface area contributed by atoms with Crippen LogP contribution >= 0.6 is 0 Å². The molecule has 26 heavy (non-hydrogen) atoms. The molecule has 4 heterocycles. The molecule has 0 N–H and O–H groups in total. The summed E-state index contributed by atoms with van der Waals surface area (Å²) in [7, 11) is 0. The summed E-state index contributed by atoms with van der Waals surface area (Å²) in [6.07, 6.45) is 5.61. The number of fused-ring (bicyclic) bond motifs is 4. The minimum absolute atomic E-state index is 0.0780. The van der Waals surface area contributed by atoms with Crippen LogP contribution < -0.4 is 0 Å².